The molecular weight excluding hydrogens is 492 g/mol. The number of sulfone groups is 1. The van der Waals surface area contributed by atoms with Gasteiger partial charge in [-0.05, 0) is 43.3 Å². The number of aromatic nitrogens is 1. The van der Waals surface area contributed by atoms with Crippen molar-refractivity contribution in [3.05, 3.63) is 66.4 Å². The molecule has 0 radical (unpaired) electrons. The summed E-state index contributed by atoms with van der Waals surface area (Å²) in [6.07, 6.45) is 1.43. The summed E-state index contributed by atoms with van der Waals surface area (Å²) in [6, 6.07) is 14.6. The zero-order valence-corrected chi connectivity index (χ0v) is 20.7. The molecule has 4 aromatic rings. The third-order valence-corrected chi connectivity index (χ3v) is 7.66. The number of hydrogen-bond donors (Lipinski definition) is 1. The third kappa shape index (κ3) is 5.36. The predicted molar refractivity (Wildman–Crippen MR) is 130 cm³/mol. The maximum atomic E-state index is 13.3. The SMILES string of the molecule is COc1ccc(NC(=O)CSc2oc(-c3ccco3)nc2S(=O)(=O)c2ccc(C)cc2)c(OC)c1. The van der Waals surface area contributed by atoms with Crippen LogP contribution in [0.5, 0.6) is 11.5 Å². The average molecular weight is 515 g/mol. The summed E-state index contributed by atoms with van der Waals surface area (Å²) in [7, 11) is -1.01. The van der Waals surface area contributed by atoms with Crippen LogP contribution >= 0.6 is 11.8 Å². The lowest BCUT2D eigenvalue weighted by atomic mass is 10.2. The number of benzene rings is 2. The summed E-state index contributed by atoms with van der Waals surface area (Å²) in [5.41, 5.74) is 1.36. The molecule has 0 unspecified atom stereocenters. The lowest BCUT2D eigenvalue weighted by molar-refractivity contribution is -0.113. The standard InChI is InChI=1S/C24H22N2O7S2/c1-15-6-9-17(10-7-15)35(28,29)23-24(33-22(26-23)19-5-4-12-32-19)34-14-21(27)25-18-11-8-16(30-2)13-20(18)31-3/h4-13H,14H2,1-3H3,(H,25,27). The monoisotopic (exact) mass is 514 g/mol. The number of anilines is 1. The molecule has 2 aromatic heterocycles. The van der Waals surface area contributed by atoms with Crippen LogP contribution in [-0.4, -0.2) is 39.3 Å². The first-order chi connectivity index (χ1) is 16.8. The minimum Gasteiger partial charge on any atom is -0.497 e. The maximum absolute atomic E-state index is 13.3. The molecule has 2 aromatic carbocycles. The Morgan fingerprint density at radius 3 is 2.51 bits per heavy atom. The second kappa shape index (κ2) is 10.3. The number of oxazole rings is 1. The third-order valence-electron chi connectivity index (χ3n) is 4.90. The molecule has 11 heteroatoms. The van der Waals surface area contributed by atoms with E-state index < -0.39 is 15.7 Å². The number of carbonyl (C=O) groups is 1. The van der Waals surface area contributed by atoms with Gasteiger partial charge in [-0.25, -0.2) is 8.42 Å². The molecule has 0 aliphatic carbocycles. The molecule has 0 saturated heterocycles. The first-order valence-corrected chi connectivity index (χ1v) is 12.8. The highest BCUT2D eigenvalue weighted by Crippen LogP contribution is 2.35. The maximum Gasteiger partial charge on any atom is 0.265 e. The second-order valence-corrected chi connectivity index (χ2v) is 10.1. The van der Waals surface area contributed by atoms with Gasteiger partial charge < -0.3 is 23.6 Å². The van der Waals surface area contributed by atoms with Gasteiger partial charge in [-0.3, -0.25) is 4.79 Å². The van der Waals surface area contributed by atoms with E-state index in [0.29, 0.717) is 17.2 Å². The van der Waals surface area contributed by atoms with E-state index in [4.69, 9.17) is 18.3 Å². The number of furan rings is 1. The van der Waals surface area contributed by atoms with Crippen molar-refractivity contribution in [2.75, 3.05) is 25.3 Å². The molecule has 9 nitrogen and oxygen atoms in total. The van der Waals surface area contributed by atoms with Gasteiger partial charge in [-0.15, -0.1) is 0 Å². The van der Waals surface area contributed by atoms with E-state index in [-0.39, 0.29) is 32.4 Å². The van der Waals surface area contributed by atoms with Crippen LogP contribution in [0.2, 0.25) is 0 Å². The summed E-state index contributed by atoms with van der Waals surface area (Å²) < 4.78 is 48.2. The zero-order valence-electron chi connectivity index (χ0n) is 19.1. The molecule has 0 atom stereocenters. The van der Waals surface area contributed by atoms with Crippen molar-refractivity contribution >= 4 is 33.2 Å². The minimum atomic E-state index is -4.01. The highest BCUT2D eigenvalue weighted by molar-refractivity contribution is 8.00. The van der Waals surface area contributed by atoms with Crippen molar-refractivity contribution in [2.45, 2.75) is 21.9 Å². The van der Waals surface area contributed by atoms with Gasteiger partial charge in [0.25, 0.3) is 5.89 Å². The number of methoxy groups -OCH3 is 2. The van der Waals surface area contributed by atoms with E-state index in [0.717, 1.165) is 17.3 Å². The first kappa shape index (κ1) is 24.4. The van der Waals surface area contributed by atoms with Gasteiger partial charge in [-0.2, -0.15) is 4.98 Å². The Bertz CT molecular complexity index is 1430. The van der Waals surface area contributed by atoms with Crippen LogP contribution < -0.4 is 14.8 Å². The molecule has 35 heavy (non-hydrogen) atoms. The quantitative estimate of drug-likeness (QED) is 0.313. The number of carbonyl (C=O) groups excluding carboxylic acids is 1. The van der Waals surface area contributed by atoms with E-state index in [1.807, 2.05) is 6.92 Å². The van der Waals surface area contributed by atoms with Crippen molar-refractivity contribution in [3.63, 3.8) is 0 Å². The Kier molecular flexibility index (Phi) is 7.17. The number of amides is 1. The van der Waals surface area contributed by atoms with Gasteiger partial charge in [-0.1, -0.05) is 29.5 Å². The molecule has 0 aliphatic rings. The number of hydrogen-bond acceptors (Lipinski definition) is 9. The summed E-state index contributed by atoms with van der Waals surface area (Å²) in [6.45, 7) is 1.86. The molecule has 4 rings (SSSR count). The predicted octanol–water partition coefficient (Wildman–Crippen LogP) is 4.82. The normalized spacial score (nSPS) is 11.3. The number of ether oxygens (including phenoxy) is 2. The van der Waals surface area contributed by atoms with Gasteiger partial charge >= 0.3 is 0 Å². The lowest BCUT2D eigenvalue weighted by Crippen LogP contribution is -2.15. The fourth-order valence-corrected chi connectivity index (χ4v) is 5.44. The topological polar surface area (TPSA) is 121 Å². The van der Waals surface area contributed by atoms with Gasteiger partial charge in [0.05, 0.1) is 36.8 Å². The number of nitrogens with one attached hydrogen (secondary N) is 1. The van der Waals surface area contributed by atoms with Crippen LogP contribution in [-0.2, 0) is 14.6 Å². The minimum absolute atomic E-state index is 0.000387. The molecule has 2 heterocycles. The Balaban J connectivity index is 1.59. The molecular formula is C24H22N2O7S2. The van der Waals surface area contributed by atoms with Crippen molar-refractivity contribution in [1.82, 2.24) is 4.98 Å². The van der Waals surface area contributed by atoms with Gasteiger partial charge in [0.2, 0.25) is 25.9 Å². The van der Waals surface area contributed by atoms with Crippen LogP contribution in [0.25, 0.3) is 11.7 Å². The molecule has 0 fully saturated rings. The van der Waals surface area contributed by atoms with E-state index in [1.54, 1.807) is 42.5 Å². The molecule has 0 saturated carbocycles. The van der Waals surface area contributed by atoms with E-state index in [2.05, 4.69) is 10.3 Å². The second-order valence-electron chi connectivity index (χ2n) is 7.31. The number of aryl methyl sites for hydroxylation is 1. The van der Waals surface area contributed by atoms with Gasteiger partial charge in [0.15, 0.2) is 5.76 Å². The number of thioether (sulfide) groups is 1. The molecule has 0 spiro atoms. The number of nitrogens with zero attached hydrogens (tertiary/aromatic N) is 1. The molecule has 182 valence electrons. The van der Waals surface area contributed by atoms with Crippen LogP contribution in [0.15, 0.2) is 84.7 Å². The Morgan fingerprint density at radius 1 is 1.09 bits per heavy atom. The average Bonchev–Trinajstić information content (AvgIpc) is 3.54. The van der Waals surface area contributed by atoms with E-state index >= 15 is 0 Å². The lowest BCUT2D eigenvalue weighted by Gasteiger charge is -2.11. The zero-order chi connectivity index (χ0) is 25.0. The van der Waals surface area contributed by atoms with Crippen LogP contribution in [0, 0.1) is 6.92 Å². The summed E-state index contributed by atoms with van der Waals surface area (Å²) in [4.78, 5) is 16.9. The summed E-state index contributed by atoms with van der Waals surface area (Å²) in [5, 5.41) is 2.44. The summed E-state index contributed by atoms with van der Waals surface area (Å²) in [5.74, 6) is 0.730. The van der Waals surface area contributed by atoms with Crippen LogP contribution in [0.4, 0.5) is 5.69 Å². The number of rotatable bonds is 9. The van der Waals surface area contributed by atoms with Crippen molar-refractivity contribution in [2.24, 2.45) is 0 Å². The fraction of sp³-hybridized carbons (Fsp3) is 0.167. The summed E-state index contributed by atoms with van der Waals surface area (Å²) >= 11 is 0.911. The van der Waals surface area contributed by atoms with Gasteiger partial charge in [0.1, 0.15) is 11.5 Å². The first-order valence-electron chi connectivity index (χ1n) is 10.3. The van der Waals surface area contributed by atoms with Crippen LogP contribution in [0.1, 0.15) is 5.56 Å². The molecule has 1 amide bonds. The van der Waals surface area contributed by atoms with E-state index in [9.17, 15) is 13.2 Å². The largest absolute Gasteiger partial charge is 0.497 e. The Labute approximate surface area is 206 Å². The highest BCUT2D eigenvalue weighted by Gasteiger charge is 2.30. The van der Waals surface area contributed by atoms with Crippen molar-refractivity contribution in [1.29, 1.82) is 0 Å². The highest BCUT2D eigenvalue weighted by atomic mass is 32.2. The van der Waals surface area contributed by atoms with Gasteiger partial charge in [0, 0.05) is 6.07 Å². The molecule has 1 N–H and O–H groups in total. The molecule has 0 bridgehead atoms. The Hall–Kier alpha value is -3.70. The smallest absolute Gasteiger partial charge is 0.265 e. The Morgan fingerprint density at radius 2 is 1.86 bits per heavy atom. The van der Waals surface area contributed by atoms with E-state index in [1.165, 1.54) is 32.6 Å². The van der Waals surface area contributed by atoms with Crippen molar-refractivity contribution in [3.8, 4) is 23.1 Å². The fourth-order valence-electron chi connectivity index (χ4n) is 3.11. The molecule has 0 aliphatic heterocycles. The van der Waals surface area contributed by atoms with Crippen molar-refractivity contribution < 1.29 is 31.5 Å². The van der Waals surface area contributed by atoms with Crippen LogP contribution in [0.3, 0.4) is 0 Å².